The minimum atomic E-state index is -4.11. The Labute approximate surface area is 122 Å². The number of carbonyl (C=O) groups is 1. The third-order valence-electron chi connectivity index (χ3n) is 2.58. The lowest BCUT2D eigenvalue weighted by Gasteiger charge is -2.22. The fourth-order valence-electron chi connectivity index (χ4n) is 1.71. The Bertz CT molecular complexity index is 680. The van der Waals surface area contributed by atoms with Gasteiger partial charge in [-0.25, -0.2) is 12.8 Å². The Balaban J connectivity index is 3.28. The highest BCUT2D eigenvalue weighted by molar-refractivity contribution is 7.89. The number of carboxylic acids is 1. The van der Waals surface area contributed by atoms with Crippen LogP contribution in [0.4, 0.5) is 4.39 Å². The van der Waals surface area contributed by atoms with Crippen molar-refractivity contribution >= 4 is 16.0 Å². The normalized spacial score (nSPS) is 11.6. The van der Waals surface area contributed by atoms with Crippen molar-refractivity contribution in [3.63, 3.8) is 0 Å². The summed E-state index contributed by atoms with van der Waals surface area (Å²) in [5.41, 5.74) is -0.407. The maximum Gasteiger partial charge on any atom is 0.318 e. The lowest BCUT2D eigenvalue weighted by atomic mass is 10.2. The number of hydrogen-bond donors (Lipinski definition) is 1. The molecule has 6 nitrogen and oxygen atoms in total. The van der Waals surface area contributed by atoms with Gasteiger partial charge in [-0.1, -0.05) is 13.8 Å². The highest BCUT2D eigenvalue weighted by atomic mass is 32.2. The maximum atomic E-state index is 13.3. The molecule has 0 atom stereocenters. The Morgan fingerprint density at radius 3 is 2.57 bits per heavy atom. The van der Waals surface area contributed by atoms with Gasteiger partial charge in [0, 0.05) is 6.54 Å². The Morgan fingerprint density at radius 2 is 2.10 bits per heavy atom. The number of carboxylic acid groups (broad SMARTS) is 1. The van der Waals surface area contributed by atoms with Crippen LogP contribution < -0.4 is 0 Å². The van der Waals surface area contributed by atoms with Crippen molar-refractivity contribution in [2.75, 3.05) is 13.1 Å². The van der Waals surface area contributed by atoms with E-state index in [0.29, 0.717) is 0 Å². The van der Waals surface area contributed by atoms with Crippen molar-refractivity contribution in [1.29, 1.82) is 5.26 Å². The van der Waals surface area contributed by atoms with Gasteiger partial charge in [-0.3, -0.25) is 4.79 Å². The predicted molar refractivity (Wildman–Crippen MR) is 72.3 cm³/mol. The van der Waals surface area contributed by atoms with Crippen molar-refractivity contribution in [3.8, 4) is 6.07 Å². The number of nitrogens with zero attached hydrogens (tertiary/aromatic N) is 2. The van der Waals surface area contributed by atoms with E-state index in [1.165, 1.54) is 0 Å². The van der Waals surface area contributed by atoms with Gasteiger partial charge < -0.3 is 5.11 Å². The zero-order valence-corrected chi connectivity index (χ0v) is 12.4. The molecule has 0 radical (unpaired) electrons. The number of benzene rings is 1. The van der Waals surface area contributed by atoms with E-state index >= 15 is 0 Å². The van der Waals surface area contributed by atoms with Gasteiger partial charge in [-0.15, -0.1) is 0 Å². The minimum absolute atomic E-state index is 0.00783. The van der Waals surface area contributed by atoms with Crippen LogP contribution in [0.15, 0.2) is 23.1 Å². The molecule has 0 aromatic heterocycles. The molecule has 0 spiro atoms. The molecule has 0 saturated carbocycles. The Kier molecular flexibility index (Phi) is 5.41. The highest BCUT2D eigenvalue weighted by Crippen LogP contribution is 2.19. The average molecular weight is 314 g/mol. The molecule has 8 heteroatoms. The van der Waals surface area contributed by atoms with Gasteiger partial charge in [0.05, 0.1) is 10.5 Å². The van der Waals surface area contributed by atoms with Crippen LogP contribution in [0.2, 0.25) is 0 Å². The third-order valence-corrected chi connectivity index (χ3v) is 4.38. The second-order valence-electron chi connectivity index (χ2n) is 4.84. The minimum Gasteiger partial charge on any atom is -0.480 e. The van der Waals surface area contributed by atoms with E-state index in [9.17, 15) is 17.6 Å². The molecule has 0 saturated heterocycles. The average Bonchev–Trinajstić information content (AvgIpc) is 2.37. The summed E-state index contributed by atoms with van der Waals surface area (Å²) in [5.74, 6) is -2.21. The van der Waals surface area contributed by atoms with Gasteiger partial charge in [0.15, 0.2) is 0 Å². The second kappa shape index (κ2) is 6.65. The number of aliphatic carboxylic acids is 1. The summed E-state index contributed by atoms with van der Waals surface area (Å²) in [6.07, 6.45) is 0. The van der Waals surface area contributed by atoms with Gasteiger partial charge in [-0.05, 0) is 24.1 Å². The first-order valence-electron chi connectivity index (χ1n) is 6.10. The molecule has 0 aliphatic heterocycles. The topological polar surface area (TPSA) is 98.5 Å². The molecule has 1 aromatic carbocycles. The molecule has 1 N–H and O–H groups in total. The van der Waals surface area contributed by atoms with Crippen LogP contribution in [0.3, 0.4) is 0 Å². The monoisotopic (exact) mass is 314 g/mol. The molecule has 0 aliphatic carbocycles. The summed E-state index contributed by atoms with van der Waals surface area (Å²) < 4.78 is 38.9. The molecular formula is C13H15FN2O4S. The summed E-state index contributed by atoms with van der Waals surface area (Å²) in [4.78, 5) is 10.5. The van der Waals surface area contributed by atoms with Gasteiger partial charge in [0.25, 0.3) is 0 Å². The van der Waals surface area contributed by atoms with Gasteiger partial charge in [-0.2, -0.15) is 9.57 Å². The van der Waals surface area contributed by atoms with Crippen LogP contribution in [0.5, 0.6) is 0 Å². The number of nitriles is 1. The standard InChI is InChI=1S/C13H15FN2O4S/c1-9(2)7-16(8-13(17)18)21(19,20)11-3-4-12(14)10(5-11)6-15/h3-5,9H,7-8H2,1-2H3,(H,17,18). The first kappa shape index (κ1) is 17.1. The number of sulfonamides is 1. The lowest BCUT2D eigenvalue weighted by molar-refractivity contribution is -0.137. The molecule has 0 heterocycles. The molecule has 0 aliphatic rings. The highest BCUT2D eigenvalue weighted by Gasteiger charge is 2.27. The van der Waals surface area contributed by atoms with Crippen molar-refractivity contribution < 1.29 is 22.7 Å². The zero-order valence-electron chi connectivity index (χ0n) is 11.6. The van der Waals surface area contributed by atoms with E-state index in [2.05, 4.69) is 0 Å². The molecule has 114 valence electrons. The quantitative estimate of drug-likeness (QED) is 0.856. The number of rotatable bonds is 6. The van der Waals surface area contributed by atoms with Gasteiger partial charge in [0.1, 0.15) is 18.4 Å². The fourth-order valence-corrected chi connectivity index (χ4v) is 3.29. The number of hydrogen-bond acceptors (Lipinski definition) is 4. The molecule has 0 unspecified atom stereocenters. The molecular weight excluding hydrogens is 299 g/mol. The summed E-state index contributed by atoms with van der Waals surface area (Å²) >= 11 is 0. The zero-order chi connectivity index (χ0) is 16.2. The van der Waals surface area contributed by atoms with E-state index in [1.807, 2.05) is 0 Å². The molecule has 1 rings (SSSR count). The van der Waals surface area contributed by atoms with Crippen molar-refractivity contribution in [2.45, 2.75) is 18.7 Å². The van der Waals surface area contributed by atoms with E-state index in [4.69, 9.17) is 10.4 Å². The first-order chi connectivity index (χ1) is 9.68. The number of halogens is 1. The largest absolute Gasteiger partial charge is 0.480 e. The van der Waals surface area contributed by atoms with Crippen LogP contribution in [0.1, 0.15) is 19.4 Å². The fraction of sp³-hybridized carbons (Fsp3) is 0.385. The molecule has 1 aromatic rings. The SMILES string of the molecule is CC(C)CN(CC(=O)O)S(=O)(=O)c1ccc(F)c(C#N)c1. The van der Waals surface area contributed by atoms with Crippen molar-refractivity contribution in [1.82, 2.24) is 4.31 Å². The van der Waals surface area contributed by atoms with Crippen molar-refractivity contribution in [2.24, 2.45) is 5.92 Å². The summed E-state index contributed by atoms with van der Waals surface area (Å²) in [7, 11) is -4.11. The van der Waals surface area contributed by atoms with Crippen LogP contribution in [0, 0.1) is 23.1 Å². The Hall–Kier alpha value is -1.98. The van der Waals surface area contributed by atoms with E-state index < -0.39 is 33.9 Å². The van der Waals surface area contributed by atoms with Crippen molar-refractivity contribution in [3.05, 3.63) is 29.6 Å². The van der Waals surface area contributed by atoms with E-state index in [0.717, 1.165) is 22.5 Å². The lowest BCUT2D eigenvalue weighted by Crippen LogP contribution is -2.38. The first-order valence-corrected chi connectivity index (χ1v) is 7.54. The summed E-state index contributed by atoms with van der Waals surface area (Å²) in [6.45, 7) is 2.80. The molecule has 0 bridgehead atoms. The Morgan fingerprint density at radius 1 is 1.48 bits per heavy atom. The second-order valence-corrected chi connectivity index (χ2v) is 6.78. The summed E-state index contributed by atoms with van der Waals surface area (Å²) in [5, 5.41) is 17.6. The maximum absolute atomic E-state index is 13.3. The molecule has 0 fully saturated rings. The summed E-state index contributed by atoms with van der Waals surface area (Å²) in [6, 6.07) is 4.35. The smallest absolute Gasteiger partial charge is 0.318 e. The van der Waals surface area contributed by atoms with Gasteiger partial charge >= 0.3 is 5.97 Å². The van der Waals surface area contributed by atoms with Crippen LogP contribution in [-0.2, 0) is 14.8 Å². The van der Waals surface area contributed by atoms with Crippen LogP contribution in [-0.4, -0.2) is 36.9 Å². The van der Waals surface area contributed by atoms with Crippen LogP contribution in [0.25, 0.3) is 0 Å². The van der Waals surface area contributed by atoms with E-state index in [1.54, 1.807) is 19.9 Å². The predicted octanol–water partition coefficient (Wildman–Crippen LogP) is 1.43. The van der Waals surface area contributed by atoms with Gasteiger partial charge in [0.2, 0.25) is 10.0 Å². The third kappa shape index (κ3) is 4.24. The van der Waals surface area contributed by atoms with E-state index in [-0.39, 0.29) is 17.4 Å². The molecule has 0 amide bonds. The molecule has 21 heavy (non-hydrogen) atoms. The van der Waals surface area contributed by atoms with Crippen LogP contribution >= 0.6 is 0 Å².